The third-order valence-electron chi connectivity index (χ3n) is 5.31. The van der Waals surface area contributed by atoms with E-state index in [1.807, 2.05) is 18.3 Å². The molecule has 4 N–H and O–H groups in total. The van der Waals surface area contributed by atoms with Crippen molar-refractivity contribution in [2.24, 2.45) is 0 Å². The normalized spacial score (nSPS) is 14.5. The molecule has 33 heavy (non-hydrogen) atoms. The molecule has 0 radical (unpaired) electrons. The Balaban J connectivity index is 1.29. The number of piperazine rings is 1. The van der Waals surface area contributed by atoms with Crippen molar-refractivity contribution in [2.45, 2.75) is 6.18 Å². The first kappa shape index (κ1) is 21.0. The monoisotopic (exact) mass is 454 g/mol. The maximum atomic E-state index is 12.9. The molecule has 0 bridgehead atoms. The first-order valence-electron chi connectivity index (χ1n) is 10.4. The number of rotatable bonds is 5. The quantitative estimate of drug-likeness (QED) is 0.358. The summed E-state index contributed by atoms with van der Waals surface area (Å²) in [5, 5.41) is 9.36. The molecule has 0 saturated carbocycles. The molecule has 170 valence electrons. The Hall–Kier alpha value is -3.86. The van der Waals surface area contributed by atoms with Crippen molar-refractivity contribution in [3.8, 4) is 0 Å². The zero-order chi connectivity index (χ0) is 22.8. The van der Waals surface area contributed by atoms with Crippen molar-refractivity contribution in [2.75, 3.05) is 41.7 Å². The predicted octanol–water partition coefficient (Wildman–Crippen LogP) is 4.27. The van der Waals surface area contributed by atoms with Crippen LogP contribution in [-0.2, 0) is 6.18 Å². The van der Waals surface area contributed by atoms with E-state index >= 15 is 0 Å². The van der Waals surface area contributed by atoms with Crippen LogP contribution in [0.5, 0.6) is 0 Å². The van der Waals surface area contributed by atoms with Gasteiger partial charge >= 0.3 is 6.18 Å². The fraction of sp³-hybridized carbons (Fsp3) is 0.227. The Morgan fingerprint density at radius 3 is 2.48 bits per heavy atom. The molecule has 1 aromatic carbocycles. The van der Waals surface area contributed by atoms with Crippen molar-refractivity contribution in [1.29, 1.82) is 0 Å². The minimum absolute atomic E-state index is 0.291. The van der Waals surface area contributed by atoms with Gasteiger partial charge in [0, 0.05) is 37.9 Å². The van der Waals surface area contributed by atoms with Crippen molar-refractivity contribution in [3.05, 3.63) is 60.4 Å². The van der Waals surface area contributed by atoms with E-state index in [1.165, 1.54) is 6.07 Å². The highest BCUT2D eigenvalue weighted by atomic mass is 19.4. The van der Waals surface area contributed by atoms with Gasteiger partial charge in [0.1, 0.15) is 11.6 Å². The summed E-state index contributed by atoms with van der Waals surface area (Å²) in [6.45, 7) is 3.80. The van der Waals surface area contributed by atoms with Crippen LogP contribution in [0.15, 0.2) is 54.9 Å². The van der Waals surface area contributed by atoms with Gasteiger partial charge < -0.3 is 25.8 Å². The molecular formula is C22H21F3N8. The van der Waals surface area contributed by atoms with E-state index in [1.54, 1.807) is 18.3 Å². The number of benzene rings is 1. The van der Waals surface area contributed by atoms with Gasteiger partial charge in [0.25, 0.3) is 0 Å². The maximum Gasteiger partial charge on any atom is 0.416 e. The summed E-state index contributed by atoms with van der Waals surface area (Å²) in [5.41, 5.74) is 1.93. The number of hydrogen-bond donors (Lipinski definition) is 4. The number of pyridine rings is 2. The standard InChI is InChI=1S/C22H21F3N8/c23-22(24,25)14-2-1-3-15(10-14)29-20-11-17-18(13-28-20)31-21(30-17)32-19-5-4-16(12-27-19)33-8-6-26-7-9-33/h1-5,10-13,26H,6-9H2,(H,28,29)(H2,27,30,31,32). The van der Waals surface area contributed by atoms with Crippen LogP contribution < -0.4 is 20.9 Å². The highest BCUT2D eigenvalue weighted by Crippen LogP contribution is 2.31. The van der Waals surface area contributed by atoms with Gasteiger partial charge in [-0.2, -0.15) is 13.2 Å². The Kier molecular flexibility index (Phi) is 5.47. The number of aromatic nitrogens is 4. The molecule has 0 atom stereocenters. The minimum Gasteiger partial charge on any atom is -0.368 e. The van der Waals surface area contributed by atoms with E-state index < -0.39 is 11.7 Å². The molecule has 8 nitrogen and oxygen atoms in total. The Morgan fingerprint density at radius 2 is 1.73 bits per heavy atom. The highest BCUT2D eigenvalue weighted by molar-refractivity contribution is 5.80. The largest absolute Gasteiger partial charge is 0.416 e. The third-order valence-corrected chi connectivity index (χ3v) is 5.31. The minimum atomic E-state index is -4.41. The number of nitrogens with zero attached hydrogens (tertiary/aromatic N) is 4. The van der Waals surface area contributed by atoms with Gasteiger partial charge in [-0.25, -0.2) is 15.0 Å². The molecule has 0 aliphatic carbocycles. The molecule has 5 rings (SSSR count). The van der Waals surface area contributed by atoms with Crippen molar-refractivity contribution < 1.29 is 13.2 Å². The molecule has 4 aromatic rings. The molecule has 4 heterocycles. The second-order valence-electron chi connectivity index (χ2n) is 7.64. The number of fused-ring (bicyclic) bond motifs is 1. The lowest BCUT2D eigenvalue weighted by atomic mass is 10.2. The number of alkyl halides is 3. The molecule has 1 aliphatic rings. The summed E-state index contributed by atoms with van der Waals surface area (Å²) in [5.74, 6) is 1.52. The Morgan fingerprint density at radius 1 is 0.909 bits per heavy atom. The predicted molar refractivity (Wildman–Crippen MR) is 121 cm³/mol. The molecule has 11 heteroatoms. The van der Waals surface area contributed by atoms with Gasteiger partial charge in [-0.1, -0.05) is 6.07 Å². The van der Waals surface area contributed by atoms with Gasteiger partial charge in [-0.3, -0.25) is 0 Å². The lowest BCUT2D eigenvalue weighted by Gasteiger charge is -2.29. The van der Waals surface area contributed by atoms with Crippen LogP contribution in [0.4, 0.5) is 42.1 Å². The van der Waals surface area contributed by atoms with Crippen LogP contribution in [0.2, 0.25) is 0 Å². The van der Waals surface area contributed by atoms with Crippen LogP contribution >= 0.6 is 0 Å². The molecule has 0 spiro atoms. The summed E-state index contributed by atoms with van der Waals surface area (Å²) in [6.07, 6.45) is -1.01. The van der Waals surface area contributed by atoms with Gasteiger partial charge in [0.2, 0.25) is 5.95 Å². The zero-order valence-electron chi connectivity index (χ0n) is 17.4. The molecule has 1 saturated heterocycles. The van der Waals surface area contributed by atoms with Crippen LogP contribution in [0, 0.1) is 0 Å². The van der Waals surface area contributed by atoms with Crippen LogP contribution in [0.1, 0.15) is 5.56 Å². The van der Waals surface area contributed by atoms with Crippen LogP contribution in [-0.4, -0.2) is 46.1 Å². The lowest BCUT2D eigenvalue weighted by molar-refractivity contribution is -0.137. The van der Waals surface area contributed by atoms with Crippen molar-refractivity contribution >= 4 is 40.0 Å². The molecule has 3 aromatic heterocycles. The molecule has 1 aliphatic heterocycles. The molecule has 0 amide bonds. The molecule has 0 unspecified atom stereocenters. The van der Waals surface area contributed by atoms with Crippen molar-refractivity contribution in [1.82, 2.24) is 25.3 Å². The number of imidazole rings is 1. The number of anilines is 5. The van der Waals surface area contributed by atoms with E-state index in [-0.39, 0.29) is 0 Å². The number of nitrogens with one attached hydrogen (secondary N) is 4. The van der Waals surface area contributed by atoms with Gasteiger partial charge in [-0.15, -0.1) is 0 Å². The Labute approximate surface area is 187 Å². The third kappa shape index (κ3) is 4.82. The average Bonchev–Trinajstić information content (AvgIpc) is 3.21. The van der Waals surface area contributed by atoms with Gasteiger partial charge in [0.05, 0.1) is 34.7 Å². The number of aromatic amines is 1. The second-order valence-corrected chi connectivity index (χ2v) is 7.64. The summed E-state index contributed by atoms with van der Waals surface area (Å²) >= 11 is 0. The summed E-state index contributed by atoms with van der Waals surface area (Å²) < 4.78 is 38.8. The number of H-pyrrole nitrogens is 1. The second kappa shape index (κ2) is 8.58. The van der Waals surface area contributed by atoms with Crippen LogP contribution in [0.3, 0.4) is 0 Å². The first-order chi connectivity index (χ1) is 15.9. The first-order valence-corrected chi connectivity index (χ1v) is 10.4. The topological polar surface area (TPSA) is 93.8 Å². The Bertz CT molecular complexity index is 1250. The zero-order valence-corrected chi connectivity index (χ0v) is 17.4. The van der Waals surface area contributed by atoms with Gasteiger partial charge in [0.15, 0.2) is 0 Å². The smallest absolute Gasteiger partial charge is 0.368 e. The fourth-order valence-corrected chi connectivity index (χ4v) is 3.65. The average molecular weight is 454 g/mol. The maximum absolute atomic E-state index is 12.9. The SMILES string of the molecule is FC(F)(F)c1cccc(Nc2cc3nc(Nc4ccc(N5CCNCC5)cn4)[nH]c3cn2)c1. The molecule has 1 fully saturated rings. The van der Waals surface area contributed by atoms with Crippen LogP contribution in [0.25, 0.3) is 11.0 Å². The van der Waals surface area contributed by atoms with E-state index in [9.17, 15) is 13.2 Å². The van der Waals surface area contributed by atoms with Gasteiger partial charge in [-0.05, 0) is 30.3 Å². The summed E-state index contributed by atoms with van der Waals surface area (Å²) in [4.78, 5) is 18.6. The summed E-state index contributed by atoms with van der Waals surface area (Å²) in [6, 6.07) is 10.5. The fourth-order valence-electron chi connectivity index (χ4n) is 3.65. The van der Waals surface area contributed by atoms with E-state index in [0.29, 0.717) is 34.3 Å². The highest BCUT2D eigenvalue weighted by Gasteiger charge is 2.30. The van der Waals surface area contributed by atoms with E-state index in [2.05, 4.69) is 40.8 Å². The van der Waals surface area contributed by atoms with E-state index in [4.69, 9.17) is 0 Å². The molecular weight excluding hydrogens is 433 g/mol. The lowest BCUT2D eigenvalue weighted by Crippen LogP contribution is -2.43. The van der Waals surface area contributed by atoms with Crippen molar-refractivity contribution in [3.63, 3.8) is 0 Å². The number of hydrogen-bond acceptors (Lipinski definition) is 7. The van der Waals surface area contributed by atoms with E-state index in [0.717, 1.165) is 44.0 Å². The number of halogens is 3. The summed E-state index contributed by atoms with van der Waals surface area (Å²) in [7, 11) is 0.